The van der Waals surface area contributed by atoms with Crippen LogP contribution in [-0.2, 0) is 15.5 Å². The molecule has 1 aliphatic carbocycles. The predicted molar refractivity (Wildman–Crippen MR) is 89.4 cm³/mol. The van der Waals surface area contributed by atoms with Crippen LogP contribution in [0, 0.1) is 5.92 Å². The molecule has 1 saturated carbocycles. The summed E-state index contributed by atoms with van der Waals surface area (Å²) in [6, 6.07) is 0.0944. The van der Waals surface area contributed by atoms with Crippen molar-refractivity contribution in [2.75, 3.05) is 32.1 Å². The Hall–Kier alpha value is -0.620. The van der Waals surface area contributed by atoms with Crippen LogP contribution in [0.25, 0.3) is 0 Å². The van der Waals surface area contributed by atoms with Gasteiger partial charge < -0.3 is 15.0 Å². The van der Waals surface area contributed by atoms with Crippen LogP contribution in [0.5, 0.6) is 0 Å². The van der Waals surface area contributed by atoms with Gasteiger partial charge in [-0.2, -0.15) is 0 Å². The Labute approximate surface area is 136 Å². The number of hydrogen-bond acceptors (Lipinski definition) is 3. The van der Waals surface area contributed by atoms with E-state index in [1.54, 1.807) is 0 Å². The fraction of sp³-hybridized carbons (Fsp3) is 0.938. The maximum atomic E-state index is 12.5. The Bertz CT molecular complexity index is 392. The number of likely N-dealkylation sites (tertiary alicyclic amines) is 1. The van der Waals surface area contributed by atoms with Crippen molar-refractivity contribution in [2.45, 2.75) is 57.2 Å². The van der Waals surface area contributed by atoms with Gasteiger partial charge in [-0.1, -0.05) is 19.8 Å². The van der Waals surface area contributed by atoms with Gasteiger partial charge in [-0.05, 0) is 26.2 Å². The Kier molecular flexibility index (Phi) is 7.15. The first kappa shape index (κ1) is 17.7. The lowest BCUT2D eigenvalue weighted by atomic mass is 9.95. The molecule has 2 rings (SSSR count). The molecule has 0 unspecified atom stereocenters. The zero-order valence-electron chi connectivity index (χ0n) is 13.9. The number of rotatable bonds is 6. The van der Waals surface area contributed by atoms with E-state index in [2.05, 4.69) is 5.32 Å². The molecule has 5 nitrogen and oxygen atoms in total. The normalized spacial score (nSPS) is 30.3. The second-order valence-electron chi connectivity index (χ2n) is 6.31. The van der Waals surface area contributed by atoms with E-state index in [1.165, 1.54) is 0 Å². The van der Waals surface area contributed by atoms with Gasteiger partial charge in [0.25, 0.3) is 0 Å². The van der Waals surface area contributed by atoms with Crippen molar-refractivity contribution in [1.29, 1.82) is 0 Å². The lowest BCUT2D eigenvalue weighted by Crippen LogP contribution is -2.51. The lowest BCUT2D eigenvalue weighted by molar-refractivity contribution is 0.113. The third-order valence-electron chi connectivity index (χ3n) is 4.76. The summed E-state index contributed by atoms with van der Waals surface area (Å²) in [5.41, 5.74) is 0. The van der Waals surface area contributed by atoms with Crippen LogP contribution < -0.4 is 5.32 Å². The number of nitrogens with one attached hydrogen (secondary N) is 1. The third-order valence-corrected chi connectivity index (χ3v) is 6.57. The molecule has 0 radical (unpaired) electrons. The summed E-state index contributed by atoms with van der Waals surface area (Å²) >= 11 is 0. The summed E-state index contributed by atoms with van der Waals surface area (Å²) in [5, 5.41) is 3.29. The molecule has 22 heavy (non-hydrogen) atoms. The van der Waals surface area contributed by atoms with E-state index in [0.717, 1.165) is 58.4 Å². The molecule has 4 atom stereocenters. The topological polar surface area (TPSA) is 58.6 Å². The minimum absolute atomic E-state index is 0.0176. The average molecular weight is 330 g/mol. The molecule has 0 aromatic heterocycles. The zero-order valence-corrected chi connectivity index (χ0v) is 14.7. The number of amides is 2. The number of carbonyl (C=O) groups excluding carboxylic acids is 1. The monoisotopic (exact) mass is 330 g/mol. The Balaban J connectivity index is 1.84. The molecule has 6 heteroatoms. The van der Waals surface area contributed by atoms with Crippen LogP contribution in [0.15, 0.2) is 0 Å². The van der Waals surface area contributed by atoms with E-state index in [-0.39, 0.29) is 17.3 Å². The SMILES string of the molecule is CCOC[C@@H]1CCN(C(=O)N[C@@H]2CCCC[C@H]2[S@@](=O)CC)C1. The van der Waals surface area contributed by atoms with Gasteiger partial charge in [-0.3, -0.25) is 4.21 Å². The maximum absolute atomic E-state index is 12.5. The van der Waals surface area contributed by atoms with E-state index >= 15 is 0 Å². The van der Waals surface area contributed by atoms with Crippen molar-refractivity contribution in [3.63, 3.8) is 0 Å². The van der Waals surface area contributed by atoms with Crippen molar-refractivity contribution in [1.82, 2.24) is 10.2 Å². The minimum atomic E-state index is -0.826. The van der Waals surface area contributed by atoms with Crippen LogP contribution in [-0.4, -0.2) is 58.5 Å². The molecular formula is C16H30N2O3S. The van der Waals surface area contributed by atoms with Gasteiger partial charge in [0, 0.05) is 48.2 Å². The van der Waals surface area contributed by atoms with Crippen molar-refractivity contribution in [3.8, 4) is 0 Å². The van der Waals surface area contributed by atoms with Gasteiger partial charge in [0.1, 0.15) is 0 Å². The van der Waals surface area contributed by atoms with Gasteiger partial charge in [-0.25, -0.2) is 4.79 Å². The third kappa shape index (κ3) is 4.69. The van der Waals surface area contributed by atoms with Gasteiger partial charge in [0.15, 0.2) is 0 Å². The Morgan fingerprint density at radius 1 is 1.27 bits per heavy atom. The summed E-state index contributed by atoms with van der Waals surface area (Å²) in [6.07, 6.45) is 5.19. The fourth-order valence-electron chi connectivity index (χ4n) is 3.48. The van der Waals surface area contributed by atoms with Crippen molar-refractivity contribution < 1.29 is 13.7 Å². The van der Waals surface area contributed by atoms with E-state index in [9.17, 15) is 9.00 Å². The first-order valence-electron chi connectivity index (χ1n) is 8.66. The number of ether oxygens (including phenoxy) is 1. The number of nitrogens with zero attached hydrogens (tertiary/aromatic N) is 1. The highest BCUT2D eigenvalue weighted by molar-refractivity contribution is 7.85. The number of carbonyl (C=O) groups is 1. The highest BCUT2D eigenvalue weighted by Gasteiger charge is 2.33. The van der Waals surface area contributed by atoms with Crippen LogP contribution in [0.2, 0.25) is 0 Å². The summed E-state index contributed by atoms with van der Waals surface area (Å²) in [7, 11) is -0.826. The largest absolute Gasteiger partial charge is 0.381 e. The maximum Gasteiger partial charge on any atom is 0.317 e. The van der Waals surface area contributed by atoms with Crippen LogP contribution >= 0.6 is 0 Å². The molecule has 0 spiro atoms. The predicted octanol–water partition coefficient (Wildman–Crippen LogP) is 2.13. The molecule has 1 heterocycles. The molecule has 1 N–H and O–H groups in total. The van der Waals surface area contributed by atoms with Crippen LogP contribution in [0.1, 0.15) is 46.0 Å². The quantitative estimate of drug-likeness (QED) is 0.812. The van der Waals surface area contributed by atoms with Gasteiger partial charge in [0.05, 0.1) is 11.9 Å². The Morgan fingerprint density at radius 3 is 2.77 bits per heavy atom. The number of hydrogen-bond donors (Lipinski definition) is 1. The number of urea groups is 1. The lowest BCUT2D eigenvalue weighted by Gasteiger charge is -2.32. The molecule has 1 aliphatic heterocycles. The van der Waals surface area contributed by atoms with Crippen LogP contribution in [0.4, 0.5) is 4.79 Å². The van der Waals surface area contributed by atoms with E-state index in [4.69, 9.17) is 4.74 Å². The standard InChI is InChI=1S/C16H30N2O3S/c1-3-21-12-13-9-10-18(11-13)16(19)17-14-7-5-6-8-15(14)22(20)4-2/h13-15H,3-12H2,1-2H3,(H,17,19)/t13-,14-,15-,22+/m1/s1. The summed E-state index contributed by atoms with van der Waals surface area (Å²) < 4.78 is 17.6. The molecule has 2 fully saturated rings. The second-order valence-corrected chi connectivity index (χ2v) is 8.25. The first-order chi connectivity index (χ1) is 10.7. The highest BCUT2D eigenvalue weighted by atomic mass is 32.2. The molecule has 0 bridgehead atoms. The molecule has 1 saturated heterocycles. The molecule has 0 aromatic carbocycles. The fourth-order valence-corrected chi connectivity index (χ4v) is 4.91. The molecule has 2 aliphatic rings. The van der Waals surface area contributed by atoms with Gasteiger partial charge >= 0.3 is 6.03 Å². The summed E-state index contributed by atoms with van der Waals surface area (Å²) in [4.78, 5) is 14.4. The van der Waals surface area contributed by atoms with E-state index < -0.39 is 10.8 Å². The second kappa shape index (κ2) is 8.87. The van der Waals surface area contributed by atoms with Gasteiger partial charge in [-0.15, -0.1) is 0 Å². The van der Waals surface area contributed by atoms with Gasteiger partial charge in [0.2, 0.25) is 0 Å². The first-order valence-corrected chi connectivity index (χ1v) is 10.0. The van der Waals surface area contributed by atoms with Crippen molar-refractivity contribution in [2.24, 2.45) is 5.92 Å². The van der Waals surface area contributed by atoms with E-state index in [1.807, 2.05) is 18.7 Å². The molecule has 128 valence electrons. The molecule has 0 aromatic rings. The zero-order chi connectivity index (χ0) is 15.9. The molecule has 2 amide bonds. The Morgan fingerprint density at radius 2 is 2.05 bits per heavy atom. The summed E-state index contributed by atoms with van der Waals surface area (Å²) in [6.45, 7) is 7.01. The van der Waals surface area contributed by atoms with Crippen LogP contribution in [0.3, 0.4) is 0 Å². The van der Waals surface area contributed by atoms with E-state index in [0.29, 0.717) is 11.7 Å². The smallest absolute Gasteiger partial charge is 0.317 e. The minimum Gasteiger partial charge on any atom is -0.381 e. The van der Waals surface area contributed by atoms with Crippen molar-refractivity contribution in [3.05, 3.63) is 0 Å². The average Bonchev–Trinajstić information content (AvgIpc) is 3.01. The molecular weight excluding hydrogens is 300 g/mol. The summed E-state index contributed by atoms with van der Waals surface area (Å²) in [5.74, 6) is 1.13. The van der Waals surface area contributed by atoms with Crippen molar-refractivity contribution >= 4 is 16.8 Å². The highest BCUT2D eigenvalue weighted by Crippen LogP contribution is 2.24.